The van der Waals surface area contributed by atoms with Gasteiger partial charge in [-0.15, -0.1) is 11.3 Å². The van der Waals surface area contributed by atoms with E-state index in [-0.39, 0.29) is 5.91 Å². The summed E-state index contributed by atoms with van der Waals surface area (Å²) in [4.78, 5) is 20.6. The van der Waals surface area contributed by atoms with Gasteiger partial charge in [0.2, 0.25) is 0 Å². The number of nitrogens with one attached hydrogen (secondary N) is 2. The van der Waals surface area contributed by atoms with Gasteiger partial charge in [0, 0.05) is 25.1 Å². The zero-order valence-electron chi connectivity index (χ0n) is 16.2. The van der Waals surface area contributed by atoms with Crippen LogP contribution in [-0.2, 0) is 4.84 Å². The van der Waals surface area contributed by atoms with E-state index in [2.05, 4.69) is 15.4 Å². The Labute approximate surface area is 179 Å². The summed E-state index contributed by atoms with van der Waals surface area (Å²) < 4.78 is 0.588. The lowest BCUT2D eigenvalue weighted by atomic mass is 9.95. The fourth-order valence-corrected chi connectivity index (χ4v) is 4.53. The largest absolute Gasteiger partial charge is 0.387 e. The molecule has 0 spiro atoms. The third-order valence-electron chi connectivity index (χ3n) is 5.25. The van der Waals surface area contributed by atoms with Crippen LogP contribution in [0.15, 0.2) is 41.6 Å². The normalized spacial score (nSPS) is 21.0. The number of amides is 1. The molecule has 1 unspecified atom stereocenters. The Morgan fingerprint density at radius 2 is 2.00 bits per heavy atom. The van der Waals surface area contributed by atoms with E-state index in [0.717, 1.165) is 42.8 Å². The molecular weight excluding hydrogens is 408 g/mol. The number of benzene rings is 1. The molecule has 1 amide bonds. The van der Waals surface area contributed by atoms with Crippen LogP contribution >= 0.6 is 22.9 Å². The molecule has 2 aliphatic heterocycles. The molecule has 2 aromatic rings. The monoisotopic (exact) mass is 430 g/mol. The zero-order valence-corrected chi connectivity index (χ0v) is 17.8. The molecule has 0 saturated carbocycles. The number of oxime groups is 1. The highest BCUT2D eigenvalue weighted by molar-refractivity contribution is 7.18. The summed E-state index contributed by atoms with van der Waals surface area (Å²) in [6.07, 6.45) is 2.91. The van der Waals surface area contributed by atoms with Gasteiger partial charge < -0.3 is 15.1 Å². The van der Waals surface area contributed by atoms with E-state index >= 15 is 0 Å². The van der Waals surface area contributed by atoms with Crippen LogP contribution in [0.4, 0.5) is 0 Å². The first-order chi connectivity index (χ1) is 13.9. The van der Waals surface area contributed by atoms with Gasteiger partial charge in [0.05, 0.1) is 21.5 Å². The van der Waals surface area contributed by atoms with Gasteiger partial charge in [0.15, 0.2) is 5.60 Å². The second-order valence-corrected chi connectivity index (χ2v) is 9.38. The molecule has 0 bridgehead atoms. The van der Waals surface area contributed by atoms with Crippen molar-refractivity contribution in [2.45, 2.75) is 31.8 Å². The van der Waals surface area contributed by atoms with Crippen LogP contribution in [0.25, 0.3) is 0 Å². The molecule has 152 valence electrons. The number of halogens is 1. The minimum absolute atomic E-state index is 0.162. The lowest BCUT2D eigenvalue weighted by Gasteiger charge is -2.21. The summed E-state index contributed by atoms with van der Waals surface area (Å²) in [5.41, 5.74) is 2.15. The summed E-state index contributed by atoms with van der Waals surface area (Å²) in [7, 11) is 0. The van der Waals surface area contributed by atoms with Crippen molar-refractivity contribution in [3.8, 4) is 0 Å². The Morgan fingerprint density at radius 3 is 2.66 bits per heavy atom. The highest BCUT2D eigenvalue weighted by Crippen LogP contribution is 2.27. The summed E-state index contributed by atoms with van der Waals surface area (Å²) >= 11 is 7.14. The molecule has 1 atom stereocenters. The predicted octanol–water partition coefficient (Wildman–Crippen LogP) is 4.14. The van der Waals surface area contributed by atoms with Crippen molar-refractivity contribution in [3.63, 3.8) is 0 Å². The quantitative estimate of drug-likeness (QED) is 0.552. The molecule has 1 aromatic carbocycles. The number of hydrogen-bond donors (Lipinski definition) is 2. The number of carbonyl (C=O) groups is 1. The van der Waals surface area contributed by atoms with Crippen molar-refractivity contribution in [3.05, 3.63) is 56.7 Å². The lowest BCUT2D eigenvalue weighted by Crippen LogP contribution is -2.40. The van der Waals surface area contributed by atoms with Crippen LogP contribution in [0, 0.1) is 5.41 Å². The van der Waals surface area contributed by atoms with Gasteiger partial charge in [-0.1, -0.05) is 41.0 Å². The van der Waals surface area contributed by atoms with Crippen LogP contribution in [0.2, 0.25) is 4.34 Å². The van der Waals surface area contributed by atoms with Crippen molar-refractivity contribution in [2.75, 3.05) is 19.6 Å². The fraction of sp³-hybridized carbons (Fsp3) is 0.381. The maximum absolute atomic E-state index is 12.2. The zero-order chi connectivity index (χ0) is 20.4. The second-order valence-electron chi connectivity index (χ2n) is 7.66. The Morgan fingerprint density at radius 1 is 1.28 bits per heavy atom. The topological polar surface area (TPSA) is 77.8 Å². The first-order valence-corrected chi connectivity index (χ1v) is 10.9. The third kappa shape index (κ3) is 4.46. The van der Waals surface area contributed by atoms with Crippen molar-refractivity contribution in [2.24, 2.45) is 5.16 Å². The maximum atomic E-state index is 12.2. The van der Waals surface area contributed by atoms with Crippen LogP contribution in [0.1, 0.15) is 47.0 Å². The van der Waals surface area contributed by atoms with E-state index in [1.54, 1.807) is 12.1 Å². The average Bonchev–Trinajstić information content (AvgIpc) is 3.47. The fourth-order valence-electron chi connectivity index (χ4n) is 3.57. The molecule has 29 heavy (non-hydrogen) atoms. The summed E-state index contributed by atoms with van der Waals surface area (Å²) in [5, 5.41) is 15.5. The summed E-state index contributed by atoms with van der Waals surface area (Å²) in [5.74, 6) is 0.421. The number of carbonyl (C=O) groups excluding carboxylic acids is 1. The number of hydrogen-bond acceptors (Lipinski definition) is 5. The molecule has 1 aromatic heterocycles. The minimum atomic E-state index is -0.590. The Hall–Kier alpha value is -2.38. The Kier molecular flexibility index (Phi) is 5.61. The Bertz CT molecular complexity index is 950. The number of thiophene rings is 1. The van der Waals surface area contributed by atoms with Crippen LogP contribution in [0.5, 0.6) is 0 Å². The van der Waals surface area contributed by atoms with Crippen LogP contribution in [0.3, 0.4) is 0 Å². The van der Waals surface area contributed by atoms with Crippen molar-refractivity contribution in [1.29, 1.82) is 5.41 Å². The van der Waals surface area contributed by atoms with Crippen molar-refractivity contribution < 1.29 is 9.63 Å². The average molecular weight is 431 g/mol. The standard InChI is InChI=1S/C21H23ClN4O2S/c1-21(13-24-20(27)17-8-9-18(22)29-17)12-16(25-28-21)14-4-6-15(7-5-14)19(23)26-10-2-3-11-26/h4-9,23H,2-3,10-13H2,1H3,(H,24,27). The number of amidine groups is 1. The van der Waals surface area contributed by atoms with Gasteiger partial charge in [0.1, 0.15) is 5.84 Å². The molecule has 4 rings (SSSR count). The van der Waals surface area contributed by atoms with Gasteiger partial charge >= 0.3 is 0 Å². The first-order valence-electron chi connectivity index (χ1n) is 9.66. The SMILES string of the molecule is CC1(CNC(=O)c2ccc(Cl)s2)CC(c2ccc(C(=N)N3CCCC3)cc2)=NO1. The molecule has 8 heteroatoms. The van der Waals surface area contributed by atoms with E-state index in [0.29, 0.717) is 28.0 Å². The Balaban J connectivity index is 1.34. The van der Waals surface area contributed by atoms with E-state index in [1.165, 1.54) is 11.3 Å². The molecule has 0 radical (unpaired) electrons. The van der Waals surface area contributed by atoms with E-state index in [9.17, 15) is 4.79 Å². The summed E-state index contributed by atoms with van der Waals surface area (Å²) in [6.45, 7) is 4.21. The molecule has 6 nitrogen and oxygen atoms in total. The van der Waals surface area contributed by atoms with E-state index < -0.39 is 5.60 Å². The highest BCUT2D eigenvalue weighted by Gasteiger charge is 2.35. The first kappa shape index (κ1) is 19.9. The van der Waals surface area contributed by atoms with Gasteiger partial charge in [-0.2, -0.15) is 0 Å². The van der Waals surface area contributed by atoms with Crippen molar-refractivity contribution >= 4 is 40.4 Å². The molecule has 2 N–H and O–H groups in total. The number of nitrogens with zero attached hydrogens (tertiary/aromatic N) is 2. The third-order valence-corrected chi connectivity index (χ3v) is 6.48. The minimum Gasteiger partial charge on any atom is -0.387 e. The molecule has 1 fully saturated rings. The second kappa shape index (κ2) is 8.16. The highest BCUT2D eigenvalue weighted by atomic mass is 35.5. The van der Waals surface area contributed by atoms with Gasteiger partial charge in [-0.25, -0.2) is 0 Å². The van der Waals surface area contributed by atoms with Crippen molar-refractivity contribution in [1.82, 2.24) is 10.2 Å². The van der Waals surface area contributed by atoms with Gasteiger partial charge in [-0.3, -0.25) is 10.2 Å². The molecule has 0 aliphatic carbocycles. The molecule has 3 heterocycles. The predicted molar refractivity (Wildman–Crippen MR) is 116 cm³/mol. The maximum Gasteiger partial charge on any atom is 0.261 e. The number of rotatable bonds is 5. The molecule has 1 saturated heterocycles. The van der Waals surface area contributed by atoms with Crippen LogP contribution in [-0.4, -0.2) is 47.6 Å². The smallest absolute Gasteiger partial charge is 0.261 e. The van der Waals surface area contributed by atoms with Gasteiger partial charge in [-0.05, 0) is 37.5 Å². The van der Waals surface area contributed by atoms with E-state index in [1.807, 2.05) is 31.2 Å². The molecule has 2 aliphatic rings. The molecular formula is C21H23ClN4O2S. The number of likely N-dealkylation sites (tertiary alicyclic amines) is 1. The van der Waals surface area contributed by atoms with Crippen LogP contribution < -0.4 is 5.32 Å². The summed E-state index contributed by atoms with van der Waals surface area (Å²) in [6, 6.07) is 11.3. The van der Waals surface area contributed by atoms with E-state index in [4.69, 9.17) is 21.8 Å². The lowest BCUT2D eigenvalue weighted by molar-refractivity contribution is -0.00178. The van der Waals surface area contributed by atoms with Gasteiger partial charge in [0.25, 0.3) is 5.91 Å².